The highest BCUT2D eigenvalue weighted by Gasteiger charge is 2.15. The molecule has 0 aliphatic heterocycles. The van der Waals surface area contributed by atoms with Crippen molar-refractivity contribution in [1.82, 2.24) is 10.6 Å². The standard InChI is InChI=1S/C16H19ClN2O2S/c1-11(14-7-8-15(17)22-14)18-16(21)19-13(10-20)9-12-5-3-2-4-6-12/h2-8,11,13,20H,9-10H2,1H3,(H2,18,19,21). The summed E-state index contributed by atoms with van der Waals surface area (Å²) in [6.45, 7) is 1.79. The topological polar surface area (TPSA) is 61.4 Å². The molecule has 1 aromatic carbocycles. The summed E-state index contributed by atoms with van der Waals surface area (Å²) < 4.78 is 0.696. The van der Waals surface area contributed by atoms with Crippen LogP contribution in [0, 0.1) is 0 Å². The van der Waals surface area contributed by atoms with Gasteiger partial charge in [-0.05, 0) is 31.0 Å². The third kappa shape index (κ3) is 5.02. The first-order valence-corrected chi connectivity index (χ1v) is 8.25. The molecule has 118 valence electrons. The summed E-state index contributed by atoms with van der Waals surface area (Å²) >= 11 is 7.33. The number of nitrogens with one attached hydrogen (secondary N) is 2. The molecule has 2 amide bonds. The summed E-state index contributed by atoms with van der Waals surface area (Å²) in [5, 5.41) is 15.1. The quantitative estimate of drug-likeness (QED) is 0.756. The van der Waals surface area contributed by atoms with Gasteiger partial charge >= 0.3 is 6.03 Å². The van der Waals surface area contributed by atoms with Gasteiger partial charge in [-0.25, -0.2) is 4.79 Å². The van der Waals surface area contributed by atoms with E-state index in [1.54, 1.807) is 0 Å². The number of carbonyl (C=O) groups is 1. The van der Waals surface area contributed by atoms with Crippen molar-refractivity contribution in [2.45, 2.75) is 25.4 Å². The first kappa shape index (κ1) is 16.8. The Hall–Kier alpha value is -1.56. The van der Waals surface area contributed by atoms with Gasteiger partial charge in [0, 0.05) is 4.88 Å². The fourth-order valence-corrected chi connectivity index (χ4v) is 3.18. The Morgan fingerprint density at radius 1 is 1.23 bits per heavy atom. The van der Waals surface area contributed by atoms with E-state index >= 15 is 0 Å². The summed E-state index contributed by atoms with van der Waals surface area (Å²) in [4.78, 5) is 13.0. The number of carbonyl (C=O) groups excluding carboxylic acids is 1. The van der Waals surface area contributed by atoms with Crippen LogP contribution in [-0.4, -0.2) is 23.8 Å². The Bertz CT molecular complexity index is 603. The number of benzene rings is 1. The van der Waals surface area contributed by atoms with E-state index in [2.05, 4.69) is 10.6 Å². The molecule has 2 unspecified atom stereocenters. The van der Waals surface area contributed by atoms with Crippen LogP contribution in [0.25, 0.3) is 0 Å². The summed E-state index contributed by atoms with van der Waals surface area (Å²) in [5.41, 5.74) is 1.07. The van der Waals surface area contributed by atoms with Gasteiger partial charge in [-0.2, -0.15) is 0 Å². The fraction of sp³-hybridized carbons (Fsp3) is 0.312. The number of rotatable bonds is 6. The largest absolute Gasteiger partial charge is 0.394 e. The molecule has 0 aliphatic rings. The Labute approximate surface area is 139 Å². The highest BCUT2D eigenvalue weighted by Crippen LogP contribution is 2.26. The Kier molecular flexibility index (Phi) is 6.24. The number of halogens is 1. The number of urea groups is 1. The van der Waals surface area contributed by atoms with E-state index < -0.39 is 0 Å². The summed E-state index contributed by atoms with van der Waals surface area (Å²) in [6.07, 6.45) is 0.587. The number of amides is 2. The molecule has 4 nitrogen and oxygen atoms in total. The lowest BCUT2D eigenvalue weighted by atomic mass is 10.1. The average molecular weight is 339 g/mol. The van der Waals surface area contributed by atoms with Gasteiger partial charge in [0.25, 0.3) is 0 Å². The number of aliphatic hydroxyl groups excluding tert-OH is 1. The van der Waals surface area contributed by atoms with Crippen LogP contribution in [0.4, 0.5) is 4.79 Å². The van der Waals surface area contributed by atoms with E-state index in [9.17, 15) is 9.90 Å². The maximum atomic E-state index is 12.0. The van der Waals surface area contributed by atoms with Crippen LogP contribution >= 0.6 is 22.9 Å². The number of hydrogen-bond donors (Lipinski definition) is 3. The maximum absolute atomic E-state index is 12.0. The average Bonchev–Trinajstić information content (AvgIpc) is 2.94. The molecule has 0 saturated carbocycles. The van der Waals surface area contributed by atoms with E-state index in [1.165, 1.54) is 11.3 Å². The third-order valence-electron chi connectivity index (χ3n) is 3.25. The molecule has 22 heavy (non-hydrogen) atoms. The fourth-order valence-electron chi connectivity index (χ4n) is 2.12. The number of hydrogen-bond acceptors (Lipinski definition) is 3. The predicted molar refractivity (Wildman–Crippen MR) is 90.4 cm³/mol. The zero-order chi connectivity index (χ0) is 15.9. The van der Waals surface area contributed by atoms with Crippen LogP contribution in [0.1, 0.15) is 23.4 Å². The SMILES string of the molecule is CC(NC(=O)NC(CO)Cc1ccccc1)c1ccc(Cl)s1. The van der Waals surface area contributed by atoms with Gasteiger partial charge in [-0.3, -0.25) is 0 Å². The van der Waals surface area contributed by atoms with E-state index in [0.29, 0.717) is 10.8 Å². The van der Waals surface area contributed by atoms with E-state index in [-0.39, 0.29) is 24.7 Å². The van der Waals surface area contributed by atoms with Crippen molar-refractivity contribution in [2.24, 2.45) is 0 Å². The summed E-state index contributed by atoms with van der Waals surface area (Å²) in [7, 11) is 0. The van der Waals surface area contributed by atoms with Crippen LogP contribution in [0.15, 0.2) is 42.5 Å². The molecule has 0 fully saturated rings. The Morgan fingerprint density at radius 2 is 1.95 bits per heavy atom. The summed E-state index contributed by atoms with van der Waals surface area (Å²) in [6, 6.07) is 12.7. The maximum Gasteiger partial charge on any atom is 0.315 e. The van der Waals surface area contributed by atoms with E-state index in [0.717, 1.165) is 10.4 Å². The third-order valence-corrected chi connectivity index (χ3v) is 4.66. The molecule has 1 heterocycles. The second-order valence-electron chi connectivity index (χ2n) is 5.05. The van der Waals surface area contributed by atoms with Crippen molar-refractivity contribution in [3.63, 3.8) is 0 Å². The van der Waals surface area contributed by atoms with Crippen molar-refractivity contribution < 1.29 is 9.90 Å². The molecule has 0 bridgehead atoms. The smallest absolute Gasteiger partial charge is 0.315 e. The molecular formula is C16H19ClN2O2S. The van der Waals surface area contributed by atoms with Gasteiger partial charge in [0.15, 0.2) is 0 Å². The van der Waals surface area contributed by atoms with Crippen molar-refractivity contribution >= 4 is 29.0 Å². The predicted octanol–water partition coefficient (Wildman–Crippen LogP) is 3.37. The van der Waals surface area contributed by atoms with Crippen LogP contribution in [0.5, 0.6) is 0 Å². The first-order valence-electron chi connectivity index (χ1n) is 7.05. The minimum Gasteiger partial charge on any atom is -0.394 e. The molecule has 0 radical (unpaired) electrons. The number of aliphatic hydroxyl groups is 1. The lowest BCUT2D eigenvalue weighted by molar-refractivity contribution is 0.214. The van der Waals surface area contributed by atoms with Crippen molar-refractivity contribution in [2.75, 3.05) is 6.61 Å². The van der Waals surface area contributed by atoms with Crippen LogP contribution in [-0.2, 0) is 6.42 Å². The zero-order valence-corrected chi connectivity index (χ0v) is 13.8. The van der Waals surface area contributed by atoms with E-state index in [4.69, 9.17) is 11.6 Å². The lowest BCUT2D eigenvalue weighted by Gasteiger charge is -2.19. The highest BCUT2D eigenvalue weighted by atomic mass is 35.5. The molecule has 3 N–H and O–H groups in total. The lowest BCUT2D eigenvalue weighted by Crippen LogP contribution is -2.45. The van der Waals surface area contributed by atoms with Gasteiger partial charge in [-0.15, -0.1) is 11.3 Å². The molecule has 0 aliphatic carbocycles. The first-order chi connectivity index (χ1) is 10.6. The van der Waals surface area contributed by atoms with Gasteiger partial charge < -0.3 is 15.7 Å². The van der Waals surface area contributed by atoms with Crippen molar-refractivity contribution in [3.05, 3.63) is 57.2 Å². The van der Waals surface area contributed by atoms with Gasteiger partial charge in [0.2, 0.25) is 0 Å². The van der Waals surface area contributed by atoms with Crippen molar-refractivity contribution in [1.29, 1.82) is 0 Å². The minimum absolute atomic E-state index is 0.110. The van der Waals surface area contributed by atoms with E-state index in [1.807, 2.05) is 49.4 Å². The van der Waals surface area contributed by atoms with Crippen LogP contribution in [0.3, 0.4) is 0 Å². The Morgan fingerprint density at radius 3 is 2.55 bits per heavy atom. The molecule has 6 heteroatoms. The van der Waals surface area contributed by atoms with Crippen LogP contribution < -0.4 is 10.6 Å². The number of thiophene rings is 1. The van der Waals surface area contributed by atoms with Crippen LogP contribution in [0.2, 0.25) is 4.34 Å². The second kappa shape index (κ2) is 8.17. The van der Waals surface area contributed by atoms with Gasteiger partial charge in [0.1, 0.15) is 0 Å². The van der Waals surface area contributed by atoms with Crippen molar-refractivity contribution in [3.8, 4) is 0 Å². The highest BCUT2D eigenvalue weighted by molar-refractivity contribution is 7.16. The molecule has 2 rings (SSSR count). The summed E-state index contributed by atoms with van der Waals surface area (Å²) in [5.74, 6) is 0. The van der Waals surface area contributed by atoms with Gasteiger partial charge in [0.05, 0.1) is 23.0 Å². The van der Waals surface area contributed by atoms with Gasteiger partial charge in [-0.1, -0.05) is 41.9 Å². The normalized spacial score (nSPS) is 13.4. The molecule has 2 aromatic rings. The second-order valence-corrected chi connectivity index (χ2v) is 6.80. The molecule has 1 aromatic heterocycles. The molecular weight excluding hydrogens is 320 g/mol. The molecule has 2 atom stereocenters. The molecule has 0 saturated heterocycles. The monoisotopic (exact) mass is 338 g/mol. The zero-order valence-electron chi connectivity index (χ0n) is 12.3. The Balaban J connectivity index is 1.86. The minimum atomic E-state index is -0.318. The molecule has 0 spiro atoms.